The summed E-state index contributed by atoms with van der Waals surface area (Å²) in [6.07, 6.45) is 3.76. The Morgan fingerprint density at radius 2 is 2.44 bits per heavy atom. The van der Waals surface area contributed by atoms with Crippen LogP contribution in [0.15, 0.2) is 6.20 Å². The van der Waals surface area contributed by atoms with Crippen molar-refractivity contribution >= 4 is 11.7 Å². The normalized spacial score (nSPS) is 27.4. The van der Waals surface area contributed by atoms with Crippen LogP contribution in [0.1, 0.15) is 24.3 Å². The van der Waals surface area contributed by atoms with Crippen LogP contribution in [-0.2, 0) is 4.79 Å². The predicted octanol–water partition coefficient (Wildman–Crippen LogP) is -0.330. The Bertz CT molecular complexity index is 435. The molecule has 1 amide bonds. The number of amides is 1. The number of nitrogens with two attached hydrogens (primary N) is 1. The number of primary amides is 1. The summed E-state index contributed by atoms with van der Waals surface area (Å²) < 4.78 is 0. The maximum absolute atomic E-state index is 11.5. The van der Waals surface area contributed by atoms with Gasteiger partial charge in [0.2, 0.25) is 5.91 Å². The zero-order valence-corrected chi connectivity index (χ0v) is 8.83. The molecule has 16 heavy (non-hydrogen) atoms. The third kappa shape index (κ3) is 1.26. The van der Waals surface area contributed by atoms with Gasteiger partial charge in [-0.2, -0.15) is 0 Å². The number of carbonyl (C=O) groups excluding carboxylic acids is 1. The summed E-state index contributed by atoms with van der Waals surface area (Å²) in [4.78, 5) is 13.7. The first kappa shape index (κ1) is 9.50. The third-order valence-corrected chi connectivity index (χ3v) is 3.52. The predicted molar refractivity (Wildman–Crippen MR) is 56.7 cm³/mol. The van der Waals surface area contributed by atoms with E-state index in [1.165, 1.54) is 0 Å². The first-order valence-electron chi connectivity index (χ1n) is 5.50. The van der Waals surface area contributed by atoms with Crippen LogP contribution in [-0.4, -0.2) is 34.4 Å². The van der Waals surface area contributed by atoms with Crippen molar-refractivity contribution in [1.29, 1.82) is 0 Å². The average Bonchev–Trinajstić information content (AvgIpc) is 2.29. The quantitative estimate of drug-likeness (QED) is 0.699. The van der Waals surface area contributed by atoms with E-state index in [9.17, 15) is 4.79 Å². The van der Waals surface area contributed by atoms with Gasteiger partial charge in [-0.25, -0.2) is 0 Å². The minimum Gasteiger partial charge on any atom is -0.369 e. The molecule has 1 aromatic heterocycles. The fraction of sp³-hybridized carbons (Fsp3) is 0.600. The molecule has 2 bridgehead atoms. The van der Waals surface area contributed by atoms with E-state index in [-0.39, 0.29) is 11.8 Å². The summed E-state index contributed by atoms with van der Waals surface area (Å²) in [6.45, 7) is 1.84. The van der Waals surface area contributed by atoms with Crippen molar-refractivity contribution in [3.63, 3.8) is 0 Å². The van der Waals surface area contributed by atoms with Crippen molar-refractivity contribution in [2.24, 2.45) is 11.7 Å². The van der Waals surface area contributed by atoms with E-state index in [0.717, 1.165) is 37.3 Å². The molecule has 1 fully saturated rings. The number of hydrogen-bond acceptors (Lipinski definition) is 5. The second kappa shape index (κ2) is 3.40. The zero-order valence-electron chi connectivity index (χ0n) is 8.83. The van der Waals surface area contributed by atoms with E-state index in [0.29, 0.717) is 5.92 Å². The van der Waals surface area contributed by atoms with Gasteiger partial charge in [0.25, 0.3) is 0 Å². The maximum Gasteiger partial charge on any atom is 0.225 e. The number of fused-ring (bicyclic) bond motifs is 4. The van der Waals surface area contributed by atoms with Crippen LogP contribution in [0.25, 0.3) is 0 Å². The number of rotatable bonds is 1. The highest BCUT2D eigenvalue weighted by atomic mass is 16.1. The highest BCUT2D eigenvalue weighted by Crippen LogP contribution is 2.40. The third-order valence-electron chi connectivity index (χ3n) is 3.52. The van der Waals surface area contributed by atoms with Gasteiger partial charge in [-0.15, -0.1) is 10.2 Å². The van der Waals surface area contributed by atoms with Crippen LogP contribution < -0.4 is 10.6 Å². The van der Waals surface area contributed by atoms with Gasteiger partial charge in [0.15, 0.2) is 5.82 Å². The minimum atomic E-state index is -0.275. The van der Waals surface area contributed by atoms with E-state index in [2.05, 4.69) is 20.3 Å². The molecule has 0 radical (unpaired) electrons. The average molecular weight is 219 g/mol. The van der Waals surface area contributed by atoms with Gasteiger partial charge in [0, 0.05) is 18.7 Å². The summed E-state index contributed by atoms with van der Waals surface area (Å²) in [5.41, 5.74) is 6.33. The van der Waals surface area contributed by atoms with Crippen molar-refractivity contribution in [3.05, 3.63) is 11.8 Å². The van der Waals surface area contributed by atoms with E-state index < -0.39 is 0 Å². The topological polar surface area (TPSA) is 85.0 Å². The van der Waals surface area contributed by atoms with Gasteiger partial charge in [-0.1, -0.05) is 0 Å². The lowest BCUT2D eigenvalue weighted by atomic mass is 9.78. The summed E-state index contributed by atoms with van der Waals surface area (Å²) in [5, 5.41) is 11.4. The highest BCUT2D eigenvalue weighted by molar-refractivity contribution is 5.84. The summed E-state index contributed by atoms with van der Waals surface area (Å²) >= 11 is 0. The lowest BCUT2D eigenvalue weighted by Crippen LogP contribution is -2.46. The molecule has 2 aliphatic heterocycles. The molecule has 6 heteroatoms. The van der Waals surface area contributed by atoms with E-state index >= 15 is 0 Å². The molecule has 2 aliphatic rings. The lowest BCUT2D eigenvalue weighted by Gasteiger charge is -2.42. The Balaban J connectivity index is 2.12. The monoisotopic (exact) mass is 219 g/mol. The molecule has 6 nitrogen and oxygen atoms in total. The van der Waals surface area contributed by atoms with Crippen molar-refractivity contribution in [2.45, 2.75) is 18.8 Å². The molecule has 0 spiro atoms. The molecule has 3 rings (SSSR count). The molecule has 3 heterocycles. The minimum absolute atomic E-state index is 0.241. The summed E-state index contributed by atoms with van der Waals surface area (Å²) in [7, 11) is 0. The van der Waals surface area contributed by atoms with Crippen LogP contribution >= 0.6 is 0 Å². The number of nitrogens with zero attached hydrogens (tertiary/aromatic N) is 4. The van der Waals surface area contributed by atoms with Crippen molar-refractivity contribution in [1.82, 2.24) is 15.4 Å². The summed E-state index contributed by atoms with van der Waals surface area (Å²) in [6, 6.07) is 0. The van der Waals surface area contributed by atoms with Gasteiger partial charge in [0.1, 0.15) is 0 Å². The van der Waals surface area contributed by atoms with E-state index in [4.69, 9.17) is 5.73 Å². The molecular weight excluding hydrogens is 206 g/mol. The Morgan fingerprint density at radius 3 is 3.25 bits per heavy atom. The number of carbonyl (C=O) groups is 1. The van der Waals surface area contributed by atoms with Crippen molar-refractivity contribution < 1.29 is 4.79 Å². The number of anilines is 1. The van der Waals surface area contributed by atoms with Crippen LogP contribution in [0.4, 0.5) is 5.82 Å². The highest BCUT2D eigenvalue weighted by Gasteiger charge is 2.40. The smallest absolute Gasteiger partial charge is 0.225 e. The van der Waals surface area contributed by atoms with Gasteiger partial charge >= 0.3 is 0 Å². The zero-order chi connectivity index (χ0) is 11.1. The molecule has 0 aromatic carbocycles. The lowest BCUT2D eigenvalue weighted by molar-refractivity contribution is -0.120. The fourth-order valence-electron chi connectivity index (χ4n) is 2.85. The van der Waals surface area contributed by atoms with Gasteiger partial charge in [-0.05, 0) is 24.0 Å². The van der Waals surface area contributed by atoms with Gasteiger partial charge < -0.3 is 10.6 Å². The molecule has 0 saturated carbocycles. The molecule has 0 aliphatic carbocycles. The molecular formula is C10H13N5O. The Hall–Kier alpha value is -1.72. The van der Waals surface area contributed by atoms with Crippen molar-refractivity contribution in [2.75, 3.05) is 18.0 Å². The van der Waals surface area contributed by atoms with Gasteiger partial charge in [-0.3, -0.25) is 4.79 Å². The fourth-order valence-corrected chi connectivity index (χ4v) is 2.85. The Kier molecular flexibility index (Phi) is 2.02. The SMILES string of the molecule is NC(=O)C1c2cnnnc2N2CCCC1C2. The number of piperidine rings is 1. The first-order chi connectivity index (χ1) is 7.77. The molecule has 2 atom stereocenters. The standard InChI is InChI=1S/C10H13N5O/c11-9(16)8-6-2-1-3-15(5-6)10-7(8)4-12-14-13-10/h4,6,8H,1-3,5H2,(H2,11,16). The second-order valence-corrected chi connectivity index (χ2v) is 4.44. The van der Waals surface area contributed by atoms with E-state index in [1.807, 2.05) is 0 Å². The molecule has 1 saturated heterocycles. The molecule has 84 valence electrons. The molecule has 2 N–H and O–H groups in total. The Morgan fingerprint density at radius 1 is 1.56 bits per heavy atom. The Labute approximate surface area is 92.8 Å². The largest absolute Gasteiger partial charge is 0.369 e. The first-order valence-corrected chi connectivity index (χ1v) is 5.50. The van der Waals surface area contributed by atoms with Gasteiger partial charge in [0.05, 0.1) is 12.1 Å². The van der Waals surface area contributed by atoms with Crippen molar-refractivity contribution in [3.8, 4) is 0 Å². The number of aromatic nitrogens is 3. The molecule has 1 aromatic rings. The molecule has 2 unspecified atom stereocenters. The van der Waals surface area contributed by atoms with Crippen LogP contribution in [0.2, 0.25) is 0 Å². The summed E-state index contributed by atoms with van der Waals surface area (Å²) in [5.74, 6) is 0.580. The number of hydrogen-bond donors (Lipinski definition) is 1. The van der Waals surface area contributed by atoms with Crippen LogP contribution in [0, 0.1) is 5.92 Å². The van der Waals surface area contributed by atoms with E-state index in [1.54, 1.807) is 6.20 Å². The van der Waals surface area contributed by atoms with Crippen LogP contribution in [0.3, 0.4) is 0 Å². The van der Waals surface area contributed by atoms with Crippen LogP contribution in [0.5, 0.6) is 0 Å². The second-order valence-electron chi connectivity index (χ2n) is 4.44. The maximum atomic E-state index is 11.5.